The van der Waals surface area contributed by atoms with Gasteiger partial charge >= 0.3 is 0 Å². The summed E-state index contributed by atoms with van der Waals surface area (Å²) < 4.78 is 7.22. The first-order valence-corrected chi connectivity index (χ1v) is 7.41. The van der Waals surface area contributed by atoms with E-state index in [0.717, 1.165) is 36.2 Å². The smallest absolute Gasteiger partial charge is 0.261 e. The zero-order valence-electron chi connectivity index (χ0n) is 12.4. The first-order chi connectivity index (χ1) is 10.7. The molecule has 0 radical (unpaired) electrons. The molecule has 0 amide bonds. The molecule has 1 aromatic carbocycles. The first kappa shape index (κ1) is 13.2. The van der Waals surface area contributed by atoms with Crippen molar-refractivity contribution in [2.24, 2.45) is 5.73 Å². The number of aryl methyl sites for hydroxylation is 1. The Morgan fingerprint density at radius 2 is 2.00 bits per heavy atom. The summed E-state index contributed by atoms with van der Waals surface area (Å²) in [6.07, 6.45) is 4.85. The van der Waals surface area contributed by atoms with E-state index < -0.39 is 5.54 Å². The molecule has 1 fully saturated rings. The molecule has 0 atom stereocenters. The number of nitrogens with two attached hydrogens (primary N) is 1. The van der Waals surface area contributed by atoms with Crippen LogP contribution in [0.25, 0.3) is 17.1 Å². The van der Waals surface area contributed by atoms with Crippen molar-refractivity contribution < 1.29 is 4.52 Å². The molecule has 22 heavy (non-hydrogen) atoms. The monoisotopic (exact) mass is 295 g/mol. The van der Waals surface area contributed by atoms with Crippen LogP contribution in [0.1, 0.15) is 30.8 Å². The van der Waals surface area contributed by atoms with E-state index in [0.29, 0.717) is 11.7 Å². The summed E-state index contributed by atoms with van der Waals surface area (Å²) in [6.45, 7) is 1.93. The van der Waals surface area contributed by atoms with Gasteiger partial charge in [-0.3, -0.25) is 0 Å². The molecule has 4 rings (SSSR count). The van der Waals surface area contributed by atoms with E-state index in [1.165, 1.54) is 0 Å². The average Bonchev–Trinajstić information content (AvgIpc) is 3.12. The second-order valence-electron chi connectivity index (χ2n) is 5.84. The molecule has 2 N–H and O–H groups in total. The maximum absolute atomic E-state index is 6.24. The number of benzene rings is 1. The van der Waals surface area contributed by atoms with Crippen molar-refractivity contribution in [2.75, 3.05) is 0 Å². The van der Waals surface area contributed by atoms with Crippen molar-refractivity contribution in [2.45, 2.75) is 31.7 Å². The fourth-order valence-electron chi connectivity index (χ4n) is 2.70. The quantitative estimate of drug-likeness (QED) is 0.803. The summed E-state index contributed by atoms with van der Waals surface area (Å²) in [5.41, 5.74) is 8.51. The fourth-order valence-corrected chi connectivity index (χ4v) is 2.70. The minimum atomic E-state index is -0.412. The van der Waals surface area contributed by atoms with Gasteiger partial charge in [0.25, 0.3) is 5.89 Å². The van der Waals surface area contributed by atoms with Gasteiger partial charge in [0.1, 0.15) is 0 Å². The third-order valence-corrected chi connectivity index (χ3v) is 4.27. The molecule has 0 aliphatic heterocycles. The molecule has 0 bridgehead atoms. The molecule has 6 nitrogen and oxygen atoms in total. The van der Waals surface area contributed by atoms with Gasteiger partial charge in [0.15, 0.2) is 5.82 Å². The van der Waals surface area contributed by atoms with Crippen LogP contribution in [0, 0.1) is 6.92 Å². The Balaban J connectivity index is 1.70. The lowest BCUT2D eigenvalue weighted by Crippen LogP contribution is -2.44. The standard InChI is InChI=1S/C16H17N5O/c1-11-13(10-21(19-11)12-6-3-2-4-7-12)14-18-15(20-22-14)16(17)8-5-9-16/h2-4,6-7,10H,5,8-9,17H2,1H3. The highest BCUT2D eigenvalue weighted by molar-refractivity contribution is 5.56. The molecule has 112 valence electrons. The van der Waals surface area contributed by atoms with E-state index in [9.17, 15) is 0 Å². The predicted octanol–water partition coefficient (Wildman–Crippen LogP) is 2.57. The molecular formula is C16H17N5O. The van der Waals surface area contributed by atoms with Crippen molar-refractivity contribution in [3.63, 3.8) is 0 Å². The number of hydrogen-bond donors (Lipinski definition) is 1. The maximum Gasteiger partial charge on any atom is 0.261 e. The molecule has 2 heterocycles. The fraction of sp³-hybridized carbons (Fsp3) is 0.312. The van der Waals surface area contributed by atoms with Crippen LogP contribution in [0.15, 0.2) is 41.1 Å². The van der Waals surface area contributed by atoms with Crippen molar-refractivity contribution in [1.82, 2.24) is 19.9 Å². The third kappa shape index (κ3) is 2.03. The first-order valence-electron chi connectivity index (χ1n) is 7.41. The topological polar surface area (TPSA) is 82.8 Å². The minimum absolute atomic E-state index is 0.412. The van der Waals surface area contributed by atoms with Gasteiger partial charge in [-0.2, -0.15) is 10.1 Å². The van der Waals surface area contributed by atoms with Crippen LogP contribution in [0.4, 0.5) is 0 Å². The number of nitrogens with zero attached hydrogens (tertiary/aromatic N) is 4. The molecule has 1 aliphatic carbocycles. The van der Waals surface area contributed by atoms with Gasteiger partial charge in [-0.25, -0.2) is 4.68 Å². The Kier molecular flexibility index (Phi) is 2.87. The summed E-state index contributed by atoms with van der Waals surface area (Å²) in [5.74, 6) is 1.08. The Morgan fingerprint density at radius 3 is 2.68 bits per heavy atom. The van der Waals surface area contributed by atoms with E-state index in [-0.39, 0.29) is 0 Å². The number of rotatable bonds is 3. The van der Waals surface area contributed by atoms with E-state index >= 15 is 0 Å². The normalized spacial score (nSPS) is 16.5. The molecule has 1 saturated carbocycles. The summed E-state index contributed by atoms with van der Waals surface area (Å²) in [4.78, 5) is 4.49. The molecule has 1 aliphatic rings. The third-order valence-electron chi connectivity index (χ3n) is 4.27. The molecular weight excluding hydrogens is 278 g/mol. The second kappa shape index (κ2) is 4.78. The molecule has 3 aromatic rings. The van der Waals surface area contributed by atoms with Crippen LogP contribution in [0.5, 0.6) is 0 Å². The average molecular weight is 295 g/mol. The van der Waals surface area contributed by atoms with Gasteiger partial charge in [-0.05, 0) is 38.3 Å². The Labute approximate surface area is 127 Å². The lowest BCUT2D eigenvalue weighted by Gasteiger charge is -2.34. The van der Waals surface area contributed by atoms with Crippen molar-refractivity contribution in [3.05, 3.63) is 48.0 Å². The van der Waals surface area contributed by atoms with Gasteiger partial charge < -0.3 is 10.3 Å². The van der Waals surface area contributed by atoms with E-state index in [4.69, 9.17) is 10.3 Å². The zero-order chi connectivity index (χ0) is 15.2. The minimum Gasteiger partial charge on any atom is -0.334 e. The highest BCUT2D eigenvalue weighted by Gasteiger charge is 2.39. The summed E-state index contributed by atoms with van der Waals surface area (Å²) in [7, 11) is 0. The number of aromatic nitrogens is 4. The van der Waals surface area contributed by atoms with Gasteiger partial charge in [0.2, 0.25) is 0 Å². The van der Waals surface area contributed by atoms with Gasteiger partial charge in [-0.15, -0.1) is 0 Å². The molecule has 2 aromatic heterocycles. The van der Waals surface area contributed by atoms with Gasteiger partial charge in [-0.1, -0.05) is 23.4 Å². The number of hydrogen-bond acceptors (Lipinski definition) is 5. The van der Waals surface area contributed by atoms with Crippen molar-refractivity contribution in [3.8, 4) is 17.1 Å². The number of para-hydroxylation sites is 1. The van der Waals surface area contributed by atoms with Crippen LogP contribution < -0.4 is 5.73 Å². The van der Waals surface area contributed by atoms with Crippen LogP contribution in [0.2, 0.25) is 0 Å². The second-order valence-corrected chi connectivity index (χ2v) is 5.84. The highest BCUT2D eigenvalue weighted by atomic mass is 16.5. The Bertz CT molecular complexity index is 801. The summed E-state index contributed by atoms with van der Waals surface area (Å²) >= 11 is 0. The van der Waals surface area contributed by atoms with Crippen molar-refractivity contribution >= 4 is 0 Å². The van der Waals surface area contributed by atoms with Gasteiger partial charge in [0.05, 0.1) is 22.5 Å². The highest BCUT2D eigenvalue weighted by Crippen LogP contribution is 2.37. The van der Waals surface area contributed by atoms with E-state index in [1.807, 2.05) is 48.1 Å². The van der Waals surface area contributed by atoms with Crippen molar-refractivity contribution in [1.29, 1.82) is 0 Å². The van der Waals surface area contributed by atoms with Crippen LogP contribution in [-0.2, 0) is 5.54 Å². The Hall–Kier alpha value is -2.47. The predicted molar refractivity (Wildman–Crippen MR) is 81.3 cm³/mol. The molecule has 0 spiro atoms. The van der Waals surface area contributed by atoms with E-state index in [1.54, 1.807) is 0 Å². The van der Waals surface area contributed by atoms with Crippen LogP contribution in [0.3, 0.4) is 0 Å². The summed E-state index contributed by atoms with van der Waals surface area (Å²) in [5, 5.41) is 8.58. The molecule has 6 heteroatoms. The molecule has 0 unspecified atom stereocenters. The van der Waals surface area contributed by atoms with Crippen LogP contribution in [-0.4, -0.2) is 19.9 Å². The SMILES string of the molecule is Cc1nn(-c2ccccc2)cc1-c1nc(C2(N)CCC2)no1. The lowest BCUT2D eigenvalue weighted by atomic mass is 9.77. The van der Waals surface area contributed by atoms with E-state index in [2.05, 4.69) is 15.2 Å². The Morgan fingerprint density at radius 1 is 1.23 bits per heavy atom. The largest absolute Gasteiger partial charge is 0.334 e. The maximum atomic E-state index is 6.24. The lowest BCUT2D eigenvalue weighted by molar-refractivity contribution is 0.229. The summed E-state index contributed by atoms with van der Waals surface area (Å²) in [6, 6.07) is 9.93. The zero-order valence-corrected chi connectivity index (χ0v) is 12.4. The van der Waals surface area contributed by atoms with Crippen LogP contribution >= 0.6 is 0 Å². The van der Waals surface area contributed by atoms with Gasteiger partial charge in [0, 0.05) is 6.20 Å². The molecule has 0 saturated heterocycles.